The smallest absolute Gasteiger partial charge is 0.346 e. The van der Waals surface area contributed by atoms with Gasteiger partial charge in [0, 0.05) is 10.0 Å². The van der Waals surface area contributed by atoms with Crippen LogP contribution in [0.1, 0.15) is 38.2 Å². The van der Waals surface area contributed by atoms with Crippen LogP contribution in [0.2, 0.25) is 0 Å². The number of nitriles is 1. The summed E-state index contributed by atoms with van der Waals surface area (Å²) in [4.78, 5) is 10.9. The van der Waals surface area contributed by atoms with Crippen LogP contribution in [-0.4, -0.2) is 17.7 Å². The minimum Gasteiger partial charge on any atom is -0.493 e. The molecular formula is C16H18BrNO3. The SMILES string of the molecule is CCCCCCOc1ccc(Br)cc1C=C(C#N)C(=O)O. The van der Waals surface area contributed by atoms with E-state index in [4.69, 9.17) is 15.1 Å². The number of unbranched alkanes of at least 4 members (excludes halogenated alkanes) is 3. The van der Waals surface area contributed by atoms with Crippen LogP contribution in [0.5, 0.6) is 5.75 Å². The lowest BCUT2D eigenvalue weighted by Crippen LogP contribution is -2.01. The third-order valence-corrected chi connectivity index (χ3v) is 3.37. The van der Waals surface area contributed by atoms with Crippen molar-refractivity contribution in [2.24, 2.45) is 0 Å². The van der Waals surface area contributed by atoms with Crippen molar-refractivity contribution in [3.63, 3.8) is 0 Å². The van der Waals surface area contributed by atoms with E-state index in [1.165, 1.54) is 12.5 Å². The summed E-state index contributed by atoms with van der Waals surface area (Å²) in [7, 11) is 0. The average molecular weight is 352 g/mol. The van der Waals surface area contributed by atoms with Gasteiger partial charge in [-0.3, -0.25) is 0 Å². The molecule has 0 aliphatic heterocycles. The van der Waals surface area contributed by atoms with Gasteiger partial charge in [-0.05, 0) is 30.7 Å². The molecule has 0 unspecified atom stereocenters. The molecule has 0 saturated heterocycles. The van der Waals surface area contributed by atoms with Gasteiger partial charge in [-0.2, -0.15) is 5.26 Å². The molecule has 0 aliphatic carbocycles. The molecule has 0 aromatic heterocycles. The number of carboxylic acids is 1. The van der Waals surface area contributed by atoms with Crippen molar-refractivity contribution < 1.29 is 14.6 Å². The summed E-state index contributed by atoms with van der Waals surface area (Å²) in [6.07, 6.45) is 5.73. The summed E-state index contributed by atoms with van der Waals surface area (Å²) in [5.74, 6) is -0.657. The first-order valence-electron chi connectivity index (χ1n) is 6.86. The van der Waals surface area contributed by atoms with E-state index in [2.05, 4.69) is 22.9 Å². The summed E-state index contributed by atoms with van der Waals surface area (Å²) >= 11 is 3.33. The minimum absolute atomic E-state index is 0.316. The van der Waals surface area contributed by atoms with E-state index < -0.39 is 5.97 Å². The van der Waals surface area contributed by atoms with Gasteiger partial charge in [0.05, 0.1) is 6.61 Å². The number of hydrogen-bond acceptors (Lipinski definition) is 3. The Balaban J connectivity index is 2.85. The first-order valence-corrected chi connectivity index (χ1v) is 7.65. The zero-order valence-electron chi connectivity index (χ0n) is 11.9. The van der Waals surface area contributed by atoms with Crippen molar-refractivity contribution in [2.75, 3.05) is 6.61 Å². The highest BCUT2D eigenvalue weighted by atomic mass is 79.9. The molecule has 4 nitrogen and oxygen atoms in total. The summed E-state index contributed by atoms with van der Waals surface area (Å²) in [5.41, 5.74) is 0.266. The predicted octanol–water partition coefficient (Wildman–Crippen LogP) is 4.40. The molecule has 0 aliphatic rings. The zero-order valence-corrected chi connectivity index (χ0v) is 13.5. The Labute approximate surface area is 133 Å². The highest BCUT2D eigenvalue weighted by molar-refractivity contribution is 9.10. The Morgan fingerprint density at radius 1 is 1.43 bits per heavy atom. The van der Waals surface area contributed by atoms with Gasteiger partial charge in [0.15, 0.2) is 0 Å². The number of ether oxygens (including phenoxy) is 1. The number of rotatable bonds is 8. The number of aliphatic carboxylic acids is 1. The molecule has 0 bridgehead atoms. The Morgan fingerprint density at radius 2 is 2.19 bits per heavy atom. The molecule has 0 heterocycles. The molecule has 0 radical (unpaired) electrons. The maximum atomic E-state index is 10.9. The number of nitrogens with zero attached hydrogens (tertiary/aromatic N) is 1. The Kier molecular flexibility index (Phi) is 7.55. The van der Waals surface area contributed by atoms with E-state index in [-0.39, 0.29) is 5.57 Å². The second kappa shape index (κ2) is 9.19. The van der Waals surface area contributed by atoms with Crippen molar-refractivity contribution in [3.05, 3.63) is 33.8 Å². The molecule has 5 heteroatoms. The lowest BCUT2D eigenvalue weighted by Gasteiger charge is -2.10. The third kappa shape index (κ3) is 6.01. The van der Waals surface area contributed by atoms with Gasteiger partial charge in [-0.25, -0.2) is 4.79 Å². The molecular weight excluding hydrogens is 334 g/mol. The zero-order chi connectivity index (χ0) is 15.7. The van der Waals surface area contributed by atoms with Gasteiger partial charge in [0.2, 0.25) is 0 Å². The fraction of sp³-hybridized carbons (Fsp3) is 0.375. The number of carboxylic acid groups (broad SMARTS) is 1. The Morgan fingerprint density at radius 3 is 2.81 bits per heavy atom. The van der Waals surface area contributed by atoms with Crippen LogP contribution in [0.15, 0.2) is 28.2 Å². The molecule has 1 N–H and O–H groups in total. The van der Waals surface area contributed by atoms with E-state index >= 15 is 0 Å². The van der Waals surface area contributed by atoms with Crippen molar-refractivity contribution in [3.8, 4) is 11.8 Å². The molecule has 1 aromatic rings. The molecule has 21 heavy (non-hydrogen) atoms. The Hall–Kier alpha value is -1.80. The van der Waals surface area contributed by atoms with Crippen molar-refractivity contribution in [2.45, 2.75) is 32.6 Å². The van der Waals surface area contributed by atoms with Crippen LogP contribution in [0, 0.1) is 11.3 Å². The monoisotopic (exact) mass is 351 g/mol. The fourth-order valence-corrected chi connectivity index (χ4v) is 2.15. The standard InChI is InChI=1S/C16H18BrNO3/c1-2-3-4-5-8-21-15-7-6-14(17)10-12(15)9-13(11-18)16(19)20/h6-7,9-10H,2-5,8H2,1H3,(H,19,20). The minimum atomic E-state index is -1.24. The Bertz CT molecular complexity index is 561. The first kappa shape index (κ1) is 17.3. The topological polar surface area (TPSA) is 70.3 Å². The molecule has 0 spiro atoms. The number of halogens is 1. The molecule has 112 valence electrons. The molecule has 0 fully saturated rings. The largest absolute Gasteiger partial charge is 0.493 e. The number of carbonyl (C=O) groups is 1. The average Bonchev–Trinajstić information content (AvgIpc) is 2.46. The van der Waals surface area contributed by atoms with Crippen LogP contribution in [0.25, 0.3) is 6.08 Å². The molecule has 1 aromatic carbocycles. The van der Waals surface area contributed by atoms with E-state index in [0.29, 0.717) is 17.9 Å². The lowest BCUT2D eigenvalue weighted by atomic mass is 10.1. The summed E-state index contributed by atoms with van der Waals surface area (Å²) in [6.45, 7) is 2.73. The normalized spacial score (nSPS) is 11.0. The summed E-state index contributed by atoms with van der Waals surface area (Å²) in [5, 5.41) is 17.8. The third-order valence-electron chi connectivity index (χ3n) is 2.88. The highest BCUT2D eigenvalue weighted by Gasteiger charge is 2.09. The van der Waals surface area contributed by atoms with Crippen LogP contribution in [0.3, 0.4) is 0 Å². The van der Waals surface area contributed by atoms with Gasteiger partial charge < -0.3 is 9.84 Å². The van der Waals surface area contributed by atoms with Crippen LogP contribution >= 0.6 is 15.9 Å². The number of hydrogen-bond donors (Lipinski definition) is 1. The highest BCUT2D eigenvalue weighted by Crippen LogP contribution is 2.26. The van der Waals surface area contributed by atoms with Gasteiger partial charge in [0.25, 0.3) is 0 Å². The summed E-state index contributed by atoms with van der Waals surface area (Å²) in [6, 6.07) is 7.00. The quantitative estimate of drug-likeness (QED) is 0.428. The maximum absolute atomic E-state index is 10.9. The van der Waals surface area contributed by atoms with Crippen molar-refractivity contribution in [1.29, 1.82) is 5.26 Å². The van der Waals surface area contributed by atoms with Crippen LogP contribution < -0.4 is 4.74 Å². The lowest BCUT2D eigenvalue weighted by molar-refractivity contribution is -0.132. The van der Waals surface area contributed by atoms with Gasteiger partial charge >= 0.3 is 5.97 Å². The van der Waals surface area contributed by atoms with Crippen LogP contribution in [-0.2, 0) is 4.79 Å². The second-order valence-electron chi connectivity index (χ2n) is 4.57. The molecule has 0 saturated carbocycles. The predicted molar refractivity (Wildman–Crippen MR) is 85.0 cm³/mol. The second-order valence-corrected chi connectivity index (χ2v) is 5.48. The van der Waals surface area contributed by atoms with E-state index in [1.54, 1.807) is 18.2 Å². The van der Waals surface area contributed by atoms with Gasteiger partial charge in [-0.15, -0.1) is 0 Å². The number of benzene rings is 1. The van der Waals surface area contributed by atoms with E-state index in [9.17, 15) is 4.79 Å². The van der Waals surface area contributed by atoms with Crippen LogP contribution in [0.4, 0.5) is 0 Å². The maximum Gasteiger partial charge on any atom is 0.346 e. The van der Waals surface area contributed by atoms with Crippen molar-refractivity contribution >= 4 is 28.0 Å². The first-order chi connectivity index (χ1) is 10.1. The molecule has 1 rings (SSSR count). The van der Waals surface area contributed by atoms with E-state index in [1.807, 2.05) is 6.07 Å². The van der Waals surface area contributed by atoms with Crippen molar-refractivity contribution in [1.82, 2.24) is 0 Å². The van der Waals surface area contributed by atoms with E-state index in [0.717, 1.165) is 23.7 Å². The molecule has 0 atom stereocenters. The molecule has 0 amide bonds. The summed E-state index contributed by atoms with van der Waals surface area (Å²) < 4.78 is 6.50. The van der Waals surface area contributed by atoms with Gasteiger partial charge in [-0.1, -0.05) is 42.1 Å². The van der Waals surface area contributed by atoms with Gasteiger partial charge in [0.1, 0.15) is 17.4 Å². The fourth-order valence-electron chi connectivity index (χ4n) is 1.77.